The molecule has 0 unspecified atom stereocenters. The number of rotatable bonds is 3. The minimum atomic E-state index is -0.271. The fourth-order valence-electron chi connectivity index (χ4n) is 3.76. The van der Waals surface area contributed by atoms with E-state index in [1.54, 1.807) is 6.07 Å². The summed E-state index contributed by atoms with van der Waals surface area (Å²) in [6.45, 7) is 3.29. The average molecular weight is 363 g/mol. The normalized spacial score (nSPS) is 19.8. The second kappa shape index (κ2) is 9.21. The fourth-order valence-corrected chi connectivity index (χ4v) is 3.76. The molecule has 0 radical (unpaired) electrons. The molecule has 2 saturated heterocycles. The van der Waals surface area contributed by atoms with E-state index in [-0.39, 0.29) is 18.0 Å². The van der Waals surface area contributed by atoms with E-state index in [4.69, 9.17) is 0 Å². The molecule has 2 fully saturated rings. The molecular weight excluding hydrogens is 333 g/mol. The van der Waals surface area contributed by atoms with Crippen LogP contribution in [0.2, 0.25) is 0 Å². The number of aliphatic hydroxyl groups excluding tert-OH is 1. The predicted molar refractivity (Wildman–Crippen MR) is 101 cm³/mol. The number of nitrogens with zero attached hydrogens (tertiary/aromatic N) is 2. The Morgan fingerprint density at radius 2 is 1.73 bits per heavy atom. The first-order valence-corrected chi connectivity index (χ1v) is 9.88. The Morgan fingerprint density at radius 3 is 2.38 bits per heavy atom. The monoisotopic (exact) mass is 363 g/mol. The number of hydrogen-bond donors (Lipinski definition) is 2. The molecular formula is C20H30FN3O2. The molecule has 2 heterocycles. The van der Waals surface area contributed by atoms with Crippen molar-refractivity contribution in [2.75, 3.05) is 31.1 Å². The molecule has 0 saturated carbocycles. The zero-order valence-corrected chi connectivity index (χ0v) is 15.4. The SMILES string of the molecule is O=C(NCc1ccc(N2CCC(O)CC2)c(F)c1)N1CCCCCCC1. The summed E-state index contributed by atoms with van der Waals surface area (Å²) in [5.74, 6) is -0.264. The van der Waals surface area contributed by atoms with Crippen LogP contribution < -0.4 is 10.2 Å². The maximum Gasteiger partial charge on any atom is 0.317 e. The molecule has 0 bridgehead atoms. The van der Waals surface area contributed by atoms with E-state index in [0.717, 1.165) is 31.5 Å². The molecule has 0 aliphatic carbocycles. The third-order valence-corrected chi connectivity index (χ3v) is 5.40. The van der Waals surface area contributed by atoms with Gasteiger partial charge in [0, 0.05) is 32.7 Å². The van der Waals surface area contributed by atoms with Crippen LogP contribution in [0.4, 0.5) is 14.9 Å². The zero-order chi connectivity index (χ0) is 18.4. The van der Waals surface area contributed by atoms with Crippen LogP contribution in [0.5, 0.6) is 0 Å². The van der Waals surface area contributed by atoms with Crippen LogP contribution in [0.25, 0.3) is 0 Å². The lowest BCUT2D eigenvalue weighted by Gasteiger charge is -2.31. The molecule has 2 N–H and O–H groups in total. The van der Waals surface area contributed by atoms with E-state index in [2.05, 4.69) is 5.32 Å². The lowest BCUT2D eigenvalue weighted by atomic mass is 10.1. The van der Waals surface area contributed by atoms with E-state index in [0.29, 0.717) is 38.2 Å². The highest BCUT2D eigenvalue weighted by molar-refractivity contribution is 5.74. The van der Waals surface area contributed by atoms with Crippen molar-refractivity contribution < 1.29 is 14.3 Å². The van der Waals surface area contributed by atoms with Gasteiger partial charge in [0.2, 0.25) is 0 Å². The first-order valence-electron chi connectivity index (χ1n) is 9.88. The number of amides is 2. The third-order valence-electron chi connectivity index (χ3n) is 5.40. The Bertz CT molecular complexity index is 595. The minimum Gasteiger partial charge on any atom is -0.393 e. The van der Waals surface area contributed by atoms with E-state index >= 15 is 0 Å². The van der Waals surface area contributed by atoms with Gasteiger partial charge in [-0.05, 0) is 43.4 Å². The van der Waals surface area contributed by atoms with Crippen LogP contribution in [0.15, 0.2) is 18.2 Å². The fraction of sp³-hybridized carbons (Fsp3) is 0.650. The Hall–Kier alpha value is -1.82. The first kappa shape index (κ1) is 19.0. The van der Waals surface area contributed by atoms with Crippen molar-refractivity contribution in [1.29, 1.82) is 0 Å². The summed E-state index contributed by atoms with van der Waals surface area (Å²) >= 11 is 0. The van der Waals surface area contributed by atoms with Crippen molar-refractivity contribution >= 4 is 11.7 Å². The number of aliphatic hydroxyl groups is 1. The number of hydrogen-bond acceptors (Lipinski definition) is 3. The summed E-state index contributed by atoms with van der Waals surface area (Å²) in [6.07, 6.45) is 6.82. The standard InChI is InChI=1S/C20H30FN3O2/c21-18-14-16(6-7-19(18)23-12-8-17(25)9-13-23)15-22-20(26)24-10-4-2-1-3-5-11-24/h6-7,14,17,25H,1-5,8-13,15H2,(H,22,26). The van der Waals surface area contributed by atoms with Gasteiger partial charge in [-0.2, -0.15) is 0 Å². The lowest BCUT2D eigenvalue weighted by molar-refractivity contribution is 0.145. The van der Waals surface area contributed by atoms with Crippen LogP contribution >= 0.6 is 0 Å². The Balaban J connectivity index is 1.53. The summed E-state index contributed by atoms with van der Waals surface area (Å²) < 4.78 is 14.5. The van der Waals surface area contributed by atoms with Crippen molar-refractivity contribution in [3.8, 4) is 0 Å². The molecule has 2 aliphatic heterocycles. The highest BCUT2D eigenvalue weighted by Crippen LogP contribution is 2.24. The number of urea groups is 1. The molecule has 26 heavy (non-hydrogen) atoms. The van der Waals surface area contributed by atoms with Gasteiger partial charge in [-0.15, -0.1) is 0 Å². The molecule has 1 aromatic rings. The van der Waals surface area contributed by atoms with Gasteiger partial charge in [-0.25, -0.2) is 9.18 Å². The van der Waals surface area contributed by atoms with Crippen molar-refractivity contribution in [3.63, 3.8) is 0 Å². The smallest absolute Gasteiger partial charge is 0.317 e. The average Bonchev–Trinajstić information content (AvgIpc) is 2.60. The van der Waals surface area contributed by atoms with Crippen LogP contribution in [0, 0.1) is 5.82 Å². The van der Waals surface area contributed by atoms with Crippen molar-refractivity contribution in [3.05, 3.63) is 29.6 Å². The molecule has 0 atom stereocenters. The van der Waals surface area contributed by atoms with E-state index < -0.39 is 0 Å². The summed E-state index contributed by atoms with van der Waals surface area (Å²) in [7, 11) is 0. The largest absolute Gasteiger partial charge is 0.393 e. The van der Waals surface area contributed by atoms with Crippen LogP contribution in [-0.4, -0.2) is 48.3 Å². The number of anilines is 1. The Labute approximate surface area is 155 Å². The van der Waals surface area contributed by atoms with Gasteiger partial charge in [0.15, 0.2) is 0 Å². The number of carbonyl (C=O) groups excluding carboxylic acids is 1. The minimum absolute atomic E-state index is 0.0543. The van der Waals surface area contributed by atoms with Crippen molar-refractivity contribution in [1.82, 2.24) is 10.2 Å². The first-order chi connectivity index (χ1) is 12.6. The van der Waals surface area contributed by atoms with Crippen LogP contribution in [0.3, 0.4) is 0 Å². The van der Waals surface area contributed by atoms with Gasteiger partial charge in [0.25, 0.3) is 0 Å². The number of halogens is 1. The summed E-state index contributed by atoms with van der Waals surface area (Å²) in [5.41, 5.74) is 1.35. The van der Waals surface area contributed by atoms with Gasteiger partial charge in [0.1, 0.15) is 5.82 Å². The van der Waals surface area contributed by atoms with Gasteiger partial charge in [-0.3, -0.25) is 0 Å². The molecule has 1 aromatic carbocycles. The number of carbonyl (C=O) groups is 1. The third kappa shape index (κ3) is 5.10. The van der Waals surface area contributed by atoms with Gasteiger partial charge >= 0.3 is 6.03 Å². The lowest BCUT2D eigenvalue weighted by Crippen LogP contribution is -2.41. The Kier molecular flexibility index (Phi) is 6.72. The van der Waals surface area contributed by atoms with Gasteiger partial charge in [0.05, 0.1) is 11.8 Å². The quantitative estimate of drug-likeness (QED) is 0.867. The summed E-state index contributed by atoms with van der Waals surface area (Å²) in [4.78, 5) is 16.2. The van der Waals surface area contributed by atoms with E-state index in [9.17, 15) is 14.3 Å². The molecule has 0 aromatic heterocycles. The number of piperidine rings is 1. The second-order valence-corrected chi connectivity index (χ2v) is 7.42. The number of nitrogens with one attached hydrogen (secondary N) is 1. The van der Waals surface area contributed by atoms with Crippen molar-refractivity contribution in [2.45, 2.75) is 57.6 Å². The van der Waals surface area contributed by atoms with Gasteiger partial charge in [-0.1, -0.05) is 25.3 Å². The topological polar surface area (TPSA) is 55.8 Å². The second-order valence-electron chi connectivity index (χ2n) is 7.42. The maximum atomic E-state index is 14.5. The summed E-state index contributed by atoms with van der Waals surface area (Å²) in [5, 5.41) is 12.5. The van der Waals surface area contributed by atoms with Crippen LogP contribution in [0.1, 0.15) is 50.5 Å². The highest BCUT2D eigenvalue weighted by atomic mass is 19.1. The molecule has 2 aliphatic rings. The highest BCUT2D eigenvalue weighted by Gasteiger charge is 2.20. The molecule has 5 nitrogen and oxygen atoms in total. The predicted octanol–water partition coefficient (Wildman–Crippen LogP) is 3.26. The van der Waals surface area contributed by atoms with Crippen molar-refractivity contribution in [2.24, 2.45) is 0 Å². The maximum absolute atomic E-state index is 14.5. The zero-order valence-electron chi connectivity index (χ0n) is 15.4. The number of benzene rings is 1. The van der Waals surface area contributed by atoms with Gasteiger partial charge < -0.3 is 20.2 Å². The molecule has 144 valence electrons. The van der Waals surface area contributed by atoms with E-state index in [1.807, 2.05) is 15.9 Å². The summed E-state index contributed by atoms with van der Waals surface area (Å²) in [6, 6.07) is 5.11. The molecule has 0 spiro atoms. The number of likely N-dealkylation sites (tertiary alicyclic amines) is 1. The van der Waals surface area contributed by atoms with E-state index in [1.165, 1.54) is 25.3 Å². The molecule has 2 amide bonds. The van der Waals surface area contributed by atoms with Crippen LogP contribution in [-0.2, 0) is 6.54 Å². The molecule has 3 rings (SSSR count). The molecule has 6 heteroatoms. The Morgan fingerprint density at radius 1 is 1.08 bits per heavy atom.